The van der Waals surface area contributed by atoms with Gasteiger partial charge in [0.25, 0.3) is 0 Å². The Bertz CT molecular complexity index is 267. The summed E-state index contributed by atoms with van der Waals surface area (Å²) in [6.45, 7) is 4.12. The summed E-state index contributed by atoms with van der Waals surface area (Å²) in [7, 11) is 0. The standard InChI is InChI=1S/C12H20N2O2/c1-2-8-16-9-4-7-14-11(15)12(10-13)5-3-6-12/h2-9H2,1H3,(H,14,15). The molecule has 0 aromatic carbocycles. The highest BCUT2D eigenvalue weighted by Gasteiger charge is 2.44. The van der Waals surface area contributed by atoms with Crippen LogP contribution < -0.4 is 5.32 Å². The van der Waals surface area contributed by atoms with Crippen molar-refractivity contribution in [2.24, 2.45) is 5.41 Å². The van der Waals surface area contributed by atoms with E-state index < -0.39 is 5.41 Å². The van der Waals surface area contributed by atoms with Crippen molar-refractivity contribution in [3.8, 4) is 6.07 Å². The molecule has 0 unspecified atom stereocenters. The molecule has 1 aliphatic carbocycles. The number of nitriles is 1. The Kier molecular flexibility index (Phi) is 5.27. The van der Waals surface area contributed by atoms with E-state index in [2.05, 4.69) is 18.3 Å². The second kappa shape index (κ2) is 6.49. The van der Waals surface area contributed by atoms with Crippen LogP contribution in [0.2, 0.25) is 0 Å². The van der Waals surface area contributed by atoms with Crippen molar-refractivity contribution in [1.82, 2.24) is 5.32 Å². The van der Waals surface area contributed by atoms with Crippen LogP contribution in [0, 0.1) is 16.7 Å². The maximum absolute atomic E-state index is 11.7. The first-order valence-corrected chi connectivity index (χ1v) is 6.02. The molecule has 1 N–H and O–H groups in total. The average molecular weight is 224 g/mol. The largest absolute Gasteiger partial charge is 0.381 e. The van der Waals surface area contributed by atoms with Crippen LogP contribution in [0.15, 0.2) is 0 Å². The number of hydrogen-bond acceptors (Lipinski definition) is 3. The van der Waals surface area contributed by atoms with Gasteiger partial charge >= 0.3 is 0 Å². The lowest BCUT2D eigenvalue weighted by molar-refractivity contribution is -0.131. The summed E-state index contributed by atoms with van der Waals surface area (Å²) in [5, 5.41) is 11.8. The molecule has 0 atom stereocenters. The molecule has 90 valence electrons. The number of ether oxygens (including phenoxy) is 1. The average Bonchev–Trinajstić information content (AvgIpc) is 2.22. The minimum absolute atomic E-state index is 0.100. The summed E-state index contributed by atoms with van der Waals surface area (Å²) < 4.78 is 5.30. The van der Waals surface area contributed by atoms with Gasteiger partial charge in [0.15, 0.2) is 0 Å². The fourth-order valence-corrected chi connectivity index (χ4v) is 1.71. The van der Waals surface area contributed by atoms with Gasteiger partial charge in [-0.25, -0.2) is 0 Å². The summed E-state index contributed by atoms with van der Waals surface area (Å²) in [5.41, 5.74) is -0.718. The summed E-state index contributed by atoms with van der Waals surface area (Å²) in [6, 6.07) is 2.13. The van der Waals surface area contributed by atoms with Crippen molar-refractivity contribution >= 4 is 5.91 Å². The smallest absolute Gasteiger partial charge is 0.240 e. The van der Waals surface area contributed by atoms with Gasteiger partial charge in [-0.1, -0.05) is 6.92 Å². The van der Waals surface area contributed by atoms with Crippen LogP contribution in [0.5, 0.6) is 0 Å². The van der Waals surface area contributed by atoms with E-state index in [0.29, 0.717) is 26.0 Å². The molecule has 0 radical (unpaired) electrons. The van der Waals surface area contributed by atoms with Crippen LogP contribution in [0.3, 0.4) is 0 Å². The Morgan fingerprint density at radius 3 is 2.75 bits per heavy atom. The van der Waals surface area contributed by atoms with Crippen molar-refractivity contribution < 1.29 is 9.53 Å². The molecular formula is C12H20N2O2. The Morgan fingerprint density at radius 2 is 2.25 bits per heavy atom. The molecule has 1 rings (SSSR count). The van der Waals surface area contributed by atoms with E-state index in [4.69, 9.17) is 10.00 Å². The maximum atomic E-state index is 11.7. The van der Waals surface area contributed by atoms with Gasteiger partial charge in [-0.15, -0.1) is 0 Å². The van der Waals surface area contributed by atoms with Gasteiger partial charge in [-0.05, 0) is 32.1 Å². The summed E-state index contributed by atoms with van der Waals surface area (Å²) in [4.78, 5) is 11.7. The number of amides is 1. The van der Waals surface area contributed by atoms with Crippen molar-refractivity contribution in [2.45, 2.75) is 39.0 Å². The minimum Gasteiger partial charge on any atom is -0.381 e. The Hall–Kier alpha value is -1.08. The number of hydrogen-bond donors (Lipinski definition) is 1. The summed E-state index contributed by atoms with van der Waals surface area (Å²) >= 11 is 0. The van der Waals surface area contributed by atoms with Gasteiger partial charge in [-0.3, -0.25) is 4.79 Å². The zero-order valence-corrected chi connectivity index (χ0v) is 9.92. The fraction of sp³-hybridized carbons (Fsp3) is 0.833. The zero-order chi connectivity index (χ0) is 11.9. The van der Waals surface area contributed by atoms with Gasteiger partial charge < -0.3 is 10.1 Å². The van der Waals surface area contributed by atoms with Crippen LogP contribution in [0.4, 0.5) is 0 Å². The molecule has 16 heavy (non-hydrogen) atoms. The highest BCUT2D eigenvalue weighted by Crippen LogP contribution is 2.40. The van der Waals surface area contributed by atoms with Gasteiger partial charge in [-0.2, -0.15) is 5.26 Å². The molecule has 4 nitrogen and oxygen atoms in total. The van der Waals surface area contributed by atoms with E-state index in [9.17, 15) is 4.79 Å². The molecule has 0 saturated heterocycles. The number of carbonyl (C=O) groups is 1. The van der Waals surface area contributed by atoms with Gasteiger partial charge in [0, 0.05) is 19.8 Å². The lowest BCUT2D eigenvalue weighted by Gasteiger charge is -2.33. The highest BCUT2D eigenvalue weighted by molar-refractivity contribution is 5.86. The van der Waals surface area contributed by atoms with E-state index in [1.807, 2.05) is 0 Å². The number of nitrogens with zero attached hydrogens (tertiary/aromatic N) is 1. The zero-order valence-electron chi connectivity index (χ0n) is 9.92. The molecule has 0 heterocycles. The molecular weight excluding hydrogens is 204 g/mol. The lowest BCUT2D eigenvalue weighted by atomic mass is 9.69. The Morgan fingerprint density at radius 1 is 1.50 bits per heavy atom. The van der Waals surface area contributed by atoms with Crippen LogP contribution in [0.1, 0.15) is 39.0 Å². The third-order valence-corrected chi connectivity index (χ3v) is 2.96. The van der Waals surface area contributed by atoms with Crippen molar-refractivity contribution in [2.75, 3.05) is 19.8 Å². The number of carbonyl (C=O) groups excluding carboxylic acids is 1. The quantitative estimate of drug-likeness (QED) is 0.668. The Balaban J connectivity index is 2.09. The fourth-order valence-electron chi connectivity index (χ4n) is 1.71. The van der Waals surface area contributed by atoms with E-state index >= 15 is 0 Å². The SMILES string of the molecule is CCCOCCCNC(=O)C1(C#N)CCC1. The molecule has 0 bridgehead atoms. The predicted octanol–water partition coefficient (Wildman–Crippen LogP) is 1.61. The Labute approximate surface area is 97.0 Å². The van der Waals surface area contributed by atoms with E-state index in [-0.39, 0.29) is 5.91 Å². The second-order valence-electron chi connectivity index (χ2n) is 4.27. The van der Waals surface area contributed by atoms with E-state index in [0.717, 1.165) is 25.9 Å². The predicted molar refractivity (Wildman–Crippen MR) is 60.6 cm³/mol. The maximum Gasteiger partial charge on any atom is 0.240 e. The van der Waals surface area contributed by atoms with Crippen LogP contribution in [0.25, 0.3) is 0 Å². The summed E-state index contributed by atoms with van der Waals surface area (Å²) in [6.07, 6.45) is 4.24. The third-order valence-electron chi connectivity index (χ3n) is 2.96. The molecule has 4 heteroatoms. The molecule has 1 saturated carbocycles. The minimum atomic E-state index is -0.718. The topological polar surface area (TPSA) is 62.1 Å². The number of nitrogens with one attached hydrogen (secondary N) is 1. The highest BCUT2D eigenvalue weighted by atomic mass is 16.5. The molecule has 0 aliphatic heterocycles. The summed E-state index contributed by atoms with van der Waals surface area (Å²) in [5.74, 6) is -0.100. The van der Waals surface area contributed by atoms with Gasteiger partial charge in [0.05, 0.1) is 6.07 Å². The molecule has 0 spiro atoms. The van der Waals surface area contributed by atoms with Crippen molar-refractivity contribution in [1.29, 1.82) is 5.26 Å². The number of rotatable bonds is 7. The molecule has 1 amide bonds. The molecule has 0 aromatic heterocycles. The second-order valence-corrected chi connectivity index (χ2v) is 4.27. The third kappa shape index (κ3) is 3.21. The van der Waals surface area contributed by atoms with Gasteiger partial charge in [0.1, 0.15) is 5.41 Å². The van der Waals surface area contributed by atoms with Crippen molar-refractivity contribution in [3.63, 3.8) is 0 Å². The van der Waals surface area contributed by atoms with Crippen LogP contribution in [-0.2, 0) is 9.53 Å². The van der Waals surface area contributed by atoms with Crippen LogP contribution >= 0.6 is 0 Å². The van der Waals surface area contributed by atoms with Gasteiger partial charge in [0.2, 0.25) is 5.91 Å². The normalized spacial score (nSPS) is 17.2. The van der Waals surface area contributed by atoms with Crippen LogP contribution in [-0.4, -0.2) is 25.7 Å². The molecule has 1 fully saturated rings. The molecule has 1 aliphatic rings. The van der Waals surface area contributed by atoms with E-state index in [1.54, 1.807) is 0 Å². The van der Waals surface area contributed by atoms with Crippen molar-refractivity contribution in [3.05, 3.63) is 0 Å². The molecule has 0 aromatic rings. The lowest BCUT2D eigenvalue weighted by Crippen LogP contribution is -2.45. The first-order chi connectivity index (χ1) is 7.75. The first-order valence-electron chi connectivity index (χ1n) is 6.02. The first kappa shape index (κ1) is 13.0. The monoisotopic (exact) mass is 224 g/mol. The van der Waals surface area contributed by atoms with E-state index in [1.165, 1.54) is 0 Å².